The van der Waals surface area contributed by atoms with E-state index in [9.17, 15) is 31.2 Å². The monoisotopic (exact) mass is 601 g/mol. The lowest BCUT2D eigenvalue weighted by atomic mass is 10.1. The summed E-state index contributed by atoms with van der Waals surface area (Å²) in [6, 6.07) is 5.73. The Morgan fingerprint density at radius 2 is 1.62 bits per heavy atom. The molecule has 2 aromatic carbocycles. The maximum absolute atomic E-state index is 13.6. The van der Waals surface area contributed by atoms with Crippen molar-refractivity contribution in [3.63, 3.8) is 0 Å². The van der Waals surface area contributed by atoms with E-state index in [0.717, 1.165) is 17.2 Å². The quantitative estimate of drug-likeness (QED) is 0.396. The molecule has 7 nitrogen and oxygen atoms in total. The highest BCUT2D eigenvalue weighted by Gasteiger charge is 2.35. The summed E-state index contributed by atoms with van der Waals surface area (Å²) in [5.74, 6) is -1.39. The second-order valence-electron chi connectivity index (χ2n) is 7.97. The largest absolute Gasteiger partial charge is 0.416 e. The molecule has 0 aliphatic heterocycles. The van der Waals surface area contributed by atoms with Crippen molar-refractivity contribution in [1.29, 1.82) is 0 Å². The minimum absolute atomic E-state index is 0.142. The van der Waals surface area contributed by atoms with E-state index in [0.29, 0.717) is 22.0 Å². The molecule has 0 heterocycles. The minimum Gasteiger partial charge on any atom is -0.355 e. The average Bonchev–Trinajstić information content (AvgIpc) is 2.78. The third-order valence-electron chi connectivity index (χ3n) is 5.35. The molecule has 204 valence electrons. The first-order chi connectivity index (χ1) is 17.1. The Labute approximate surface area is 228 Å². The number of anilines is 1. The number of carbonyl (C=O) groups excluding carboxylic acids is 2. The smallest absolute Gasteiger partial charge is 0.355 e. The van der Waals surface area contributed by atoms with Gasteiger partial charge in [0.15, 0.2) is 0 Å². The predicted molar refractivity (Wildman–Crippen MR) is 138 cm³/mol. The summed E-state index contributed by atoms with van der Waals surface area (Å²) in [4.78, 5) is 27.5. The maximum Gasteiger partial charge on any atom is 0.416 e. The number of rotatable bonds is 10. The number of amides is 2. The van der Waals surface area contributed by atoms with Crippen molar-refractivity contribution in [2.24, 2.45) is 0 Å². The molecule has 2 aromatic rings. The number of sulfonamides is 1. The fourth-order valence-corrected chi connectivity index (χ4v) is 5.18. The molecule has 37 heavy (non-hydrogen) atoms. The van der Waals surface area contributed by atoms with Crippen molar-refractivity contribution >= 4 is 62.3 Å². The van der Waals surface area contributed by atoms with Gasteiger partial charge in [-0.3, -0.25) is 13.9 Å². The van der Waals surface area contributed by atoms with Crippen molar-refractivity contribution in [2.75, 3.05) is 23.7 Å². The first kappa shape index (κ1) is 31.0. The van der Waals surface area contributed by atoms with Gasteiger partial charge in [-0.1, -0.05) is 47.8 Å². The summed E-state index contributed by atoms with van der Waals surface area (Å²) in [5.41, 5.74) is -1.37. The van der Waals surface area contributed by atoms with Crippen LogP contribution in [0.15, 0.2) is 36.4 Å². The van der Waals surface area contributed by atoms with Crippen LogP contribution >= 0.6 is 34.8 Å². The van der Waals surface area contributed by atoms with Crippen LogP contribution in [0.5, 0.6) is 0 Å². The summed E-state index contributed by atoms with van der Waals surface area (Å²) < 4.78 is 65.7. The average molecular weight is 603 g/mol. The van der Waals surface area contributed by atoms with E-state index in [1.165, 1.54) is 12.1 Å². The number of alkyl halides is 3. The predicted octanol–water partition coefficient (Wildman–Crippen LogP) is 5.38. The Balaban J connectivity index is 2.59. The SMILES string of the molecule is CCNC(=O)[C@H](CC)N(Cc1c(Cl)cccc1Cl)C(=O)CN(c1cc(C(F)(F)F)ccc1Cl)S(C)(=O)=O. The van der Waals surface area contributed by atoms with E-state index in [-0.39, 0.29) is 34.6 Å². The summed E-state index contributed by atoms with van der Waals surface area (Å²) >= 11 is 18.6. The minimum atomic E-state index is -4.79. The highest BCUT2D eigenvalue weighted by atomic mass is 35.5. The molecule has 0 aliphatic rings. The highest BCUT2D eigenvalue weighted by molar-refractivity contribution is 7.92. The van der Waals surface area contributed by atoms with E-state index < -0.39 is 51.9 Å². The lowest BCUT2D eigenvalue weighted by Crippen LogP contribution is -2.52. The van der Waals surface area contributed by atoms with Crippen LogP contribution in [0.3, 0.4) is 0 Å². The van der Waals surface area contributed by atoms with Crippen molar-refractivity contribution in [1.82, 2.24) is 10.2 Å². The molecular weight excluding hydrogens is 578 g/mol. The molecule has 0 spiro atoms. The second-order valence-corrected chi connectivity index (χ2v) is 11.1. The van der Waals surface area contributed by atoms with E-state index in [2.05, 4.69) is 5.32 Å². The van der Waals surface area contributed by atoms with Crippen LogP contribution in [-0.2, 0) is 32.3 Å². The third kappa shape index (κ3) is 7.89. The third-order valence-corrected chi connectivity index (χ3v) is 7.50. The molecule has 0 bridgehead atoms. The van der Waals surface area contributed by atoms with Gasteiger partial charge in [-0.15, -0.1) is 0 Å². The first-order valence-electron chi connectivity index (χ1n) is 11.0. The number of hydrogen-bond acceptors (Lipinski definition) is 4. The standard InChI is InChI=1S/C23H25Cl3F3N3O4S/c1-4-19(22(34)30-5-2)31(12-15-16(24)7-6-8-17(15)25)21(33)13-32(37(3,35)36)20-11-14(23(27,28)29)9-10-18(20)26/h6-11,19H,4-5,12-13H2,1-3H3,(H,30,34)/t19-/m0/s1. The van der Waals surface area contributed by atoms with Gasteiger partial charge in [0, 0.05) is 28.7 Å². The van der Waals surface area contributed by atoms with Crippen LogP contribution in [0.2, 0.25) is 15.1 Å². The van der Waals surface area contributed by atoms with E-state index in [4.69, 9.17) is 34.8 Å². The van der Waals surface area contributed by atoms with Crippen molar-refractivity contribution < 1.29 is 31.2 Å². The fourth-order valence-electron chi connectivity index (χ4n) is 3.54. The topological polar surface area (TPSA) is 86.8 Å². The Kier molecular flexibility index (Phi) is 10.5. The van der Waals surface area contributed by atoms with Crippen LogP contribution < -0.4 is 9.62 Å². The molecular formula is C23H25Cl3F3N3O4S. The number of hydrogen-bond donors (Lipinski definition) is 1. The number of carbonyl (C=O) groups is 2. The molecule has 0 aromatic heterocycles. The molecule has 2 rings (SSSR count). The van der Waals surface area contributed by atoms with Gasteiger partial charge >= 0.3 is 6.18 Å². The van der Waals surface area contributed by atoms with Crippen molar-refractivity contribution in [3.8, 4) is 0 Å². The summed E-state index contributed by atoms with van der Waals surface area (Å²) in [6.45, 7) is 2.40. The zero-order chi connectivity index (χ0) is 28.1. The normalized spacial score (nSPS) is 12.7. The molecule has 2 amide bonds. The lowest BCUT2D eigenvalue weighted by Gasteiger charge is -2.33. The van der Waals surface area contributed by atoms with Gasteiger partial charge in [-0.05, 0) is 43.7 Å². The van der Waals surface area contributed by atoms with Crippen LogP contribution in [0.25, 0.3) is 0 Å². The summed E-state index contributed by atoms with van der Waals surface area (Å²) in [5, 5.41) is 2.71. The van der Waals surface area contributed by atoms with E-state index in [1.807, 2.05) is 0 Å². The number of nitrogens with one attached hydrogen (secondary N) is 1. The molecule has 0 unspecified atom stereocenters. The van der Waals surface area contributed by atoms with Gasteiger partial charge in [0.1, 0.15) is 12.6 Å². The first-order valence-corrected chi connectivity index (χ1v) is 13.9. The Hall–Kier alpha value is -2.21. The van der Waals surface area contributed by atoms with Gasteiger partial charge in [0.25, 0.3) is 0 Å². The zero-order valence-corrected chi connectivity index (χ0v) is 23.2. The Morgan fingerprint density at radius 1 is 1.03 bits per heavy atom. The fraction of sp³-hybridized carbons (Fsp3) is 0.391. The number of nitrogens with zero attached hydrogens (tertiary/aromatic N) is 2. The highest BCUT2D eigenvalue weighted by Crippen LogP contribution is 2.36. The molecule has 0 aliphatic carbocycles. The second kappa shape index (κ2) is 12.6. The number of halogens is 6. The number of benzene rings is 2. The summed E-state index contributed by atoms with van der Waals surface area (Å²) in [6.07, 6.45) is -3.92. The van der Waals surface area contributed by atoms with E-state index in [1.54, 1.807) is 19.9 Å². The van der Waals surface area contributed by atoms with Gasteiger partial charge in [-0.25, -0.2) is 8.42 Å². The Morgan fingerprint density at radius 3 is 2.11 bits per heavy atom. The molecule has 1 atom stereocenters. The van der Waals surface area contributed by atoms with Gasteiger partial charge in [0.05, 0.1) is 22.5 Å². The molecule has 1 N–H and O–H groups in total. The molecule has 0 saturated carbocycles. The lowest BCUT2D eigenvalue weighted by molar-refractivity contribution is -0.140. The molecule has 14 heteroatoms. The van der Waals surface area contributed by atoms with Gasteiger partial charge in [0.2, 0.25) is 21.8 Å². The molecule has 0 radical (unpaired) electrons. The molecule has 0 saturated heterocycles. The number of likely N-dealkylation sites (N-methyl/N-ethyl adjacent to an activating group) is 1. The summed E-state index contributed by atoms with van der Waals surface area (Å²) in [7, 11) is -4.30. The molecule has 0 fully saturated rings. The van der Waals surface area contributed by atoms with Crippen molar-refractivity contribution in [3.05, 3.63) is 62.6 Å². The zero-order valence-electron chi connectivity index (χ0n) is 20.1. The van der Waals surface area contributed by atoms with Crippen molar-refractivity contribution in [2.45, 2.75) is 39.0 Å². The van der Waals surface area contributed by atoms with Crippen LogP contribution in [0.1, 0.15) is 31.4 Å². The van der Waals surface area contributed by atoms with Gasteiger partial charge in [-0.2, -0.15) is 13.2 Å². The van der Waals surface area contributed by atoms with Gasteiger partial charge < -0.3 is 10.2 Å². The Bertz CT molecular complexity index is 1240. The van der Waals surface area contributed by atoms with E-state index >= 15 is 0 Å². The van der Waals surface area contributed by atoms with Crippen LogP contribution in [0.4, 0.5) is 18.9 Å². The van der Waals surface area contributed by atoms with Crippen LogP contribution in [-0.4, -0.2) is 50.5 Å². The maximum atomic E-state index is 13.6. The van der Waals surface area contributed by atoms with Crippen LogP contribution in [0, 0.1) is 0 Å².